The van der Waals surface area contributed by atoms with Crippen LogP contribution in [0.1, 0.15) is 37.0 Å². The third-order valence-corrected chi connectivity index (χ3v) is 3.56. The predicted octanol–water partition coefficient (Wildman–Crippen LogP) is 2.48. The number of carbonyl (C=O) groups excluding carboxylic acids is 2. The summed E-state index contributed by atoms with van der Waals surface area (Å²) in [5.41, 5.74) is 1.51. The lowest BCUT2D eigenvalue weighted by Gasteiger charge is -2.22. The van der Waals surface area contributed by atoms with Gasteiger partial charge in [-0.05, 0) is 37.1 Å². The highest BCUT2D eigenvalue weighted by atomic mass is 16.2. The molecule has 0 saturated carbocycles. The van der Waals surface area contributed by atoms with Crippen LogP contribution in [0.25, 0.3) is 0 Å². The van der Waals surface area contributed by atoms with Crippen molar-refractivity contribution < 1.29 is 9.59 Å². The molecule has 0 aromatic heterocycles. The monoisotopic (exact) mass is 289 g/mol. The van der Waals surface area contributed by atoms with Crippen molar-refractivity contribution in [2.75, 3.05) is 31.1 Å². The molecule has 1 aliphatic rings. The zero-order valence-electron chi connectivity index (χ0n) is 12.8. The quantitative estimate of drug-likeness (QED) is 0.874. The van der Waals surface area contributed by atoms with Crippen molar-refractivity contribution in [1.82, 2.24) is 10.2 Å². The fourth-order valence-corrected chi connectivity index (χ4v) is 2.54. The van der Waals surface area contributed by atoms with E-state index in [1.54, 1.807) is 4.90 Å². The molecule has 5 heteroatoms. The maximum Gasteiger partial charge on any atom is 0.321 e. The van der Waals surface area contributed by atoms with E-state index in [0.29, 0.717) is 18.7 Å². The van der Waals surface area contributed by atoms with Crippen molar-refractivity contribution in [1.29, 1.82) is 0 Å². The second kappa shape index (κ2) is 7.11. The van der Waals surface area contributed by atoms with E-state index >= 15 is 0 Å². The molecule has 21 heavy (non-hydrogen) atoms. The molecule has 0 bridgehead atoms. The first-order valence-electron chi connectivity index (χ1n) is 7.62. The molecular formula is C16H23N3O2. The van der Waals surface area contributed by atoms with E-state index in [9.17, 15) is 9.59 Å². The van der Waals surface area contributed by atoms with Crippen LogP contribution in [0.4, 0.5) is 10.5 Å². The van der Waals surface area contributed by atoms with Gasteiger partial charge in [-0.1, -0.05) is 13.8 Å². The minimum absolute atomic E-state index is 0.0659. The summed E-state index contributed by atoms with van der Waals surface area (Å²) in [6, 6.07) is 7.22. The van der Waals surface area contributed by atoms with Crippen LogP contribution in [0.5, 0.6) is 0 Å². The number of benzene rings is 1. The Morgan fingerprint density at radius 1 is 1.19 bits per heavy atom. The molecule has 0 spiro atoms. The van der Waals surface area contributed by atoms with Gasteiger partial charge in [0.05, 0.1) is 0 Å². The average Bonchev–Trinajstić information content (AvgIpc) is 2.93. The Morgan fingerprint density at radius 3 is 2.29 bits per heavy atom. The fraction of sp³-hybridized carbons (Fsp3) is 0.500. The lowest BCUT2D eigenvalue weighted by molar-refractivity contribution is 0.0755. The molecule has 1 fully saturated rings. The van der Waals surface area contributed by atoms with Gasteiger partial charge in [0.2, 0.25) is 0 Å². The Balaban J connectivity index is 2.10. The Hall–Kier alpha value is -2.04. The van der Waals surface area contributed by atoms with Crippen LogP contribution >= 0.6 is 0 Å². The number of nitrogens with zero attached hydrogens (tertiary/aromatic N) is 2. The molecule has 0 aliphatic carbocycles. The van der Waals surface area contributed by atoms with Crippen LogP contribution in [0, 0.1) is 0 Å². The first kappa shape index (κ1) is 15.4. The van der Waals surface area contributed by atoms with E-state index in [1.165, 1.54) is 0 Å². The first-order chi connectivity index (χ1) is 10.2. The zero-order valence-corrected chi connectivity index (χ0v) is 12.8. The molecule has 2 rings (SSSR count). The number of urea groups is 1. The molecule has 0 atom stereocenters. The molecule has 0 unspecified atom stereocenters. The largest absolute Gasteiger partial charge is 0.339 e. The van der Waals surface area contributed by atoms with E-state index in [-0.39, 0.29) is 11.9 Å². The number of amides is 3. The standard InChI is InChI=1S/C16H23N3O2/c1-3-10-18(11-4-2)15(20)13-5-7-14(8-6-13)19-12-9-17-16(19)21/h5-8H,3-4,9-12H2,1-2H3,(H,17,21). The average molecular weight is 289 g/mol. The van der Waals surface area contributed by atoms with Gasteiger partial charge in [0, 0.05) is 37.4 Å². The highest BCUT2D eigenvalue weighted by Gasteiger charge is 2.21. The lowest BCUT2D eigenvalue weighted by atomic mass is 10.1. The second-order valence-electron chi connectivity index (χ2n) is 5.22. The summed E-state index contributed by atoms with van der Waals surface area (Å²) in [5.74, 6) is 0.0659. The lowest BCUT2D eigenvalue weighted by Crippen LogP contribution is -2.32. The van der Waals surface area contributed by atoms with Gasteiger partial charge in [-0.15, -0.1) is 0 Å². The fourth-order valence-electron chi connectivity index (χ4n) is 2.54. The summed E-state index contributed by atoms with van der Waals surface area (Å²) in [7, 11) is 0. The Kier molecular flexibility index (Phi) is 5.20. The van der Waals surface area contributed by atoms with Gasteiger partial charge in [0.25, 0.3) is 5.91 Å². The summed E-state index contributed by atoms with van der Waals surface area (Å²) in [5, 5.41) is 2.77. The topological polar surface area (TPSA) is 52.7 Å². The van der Waals surface area contributed by atoms with Gasteiger partial charge in [-0.2, -0.15) is 0 Å². The predicted molar refractivity (Wildman–Crippen MR) is 83.7 cm³/mol. The summed E-state index contributed by atoms with van der Waals surface area (Å²) in [6.07, 6.45) is 1.91. The number of hydrogen-bond acceptors (Lipinski definition) is 2. The van der Waals surface area contributed by atoms with E-state index < -0.39 is 0 Å². The molecule has 114 valence electrons. The molecule has 1 aromatic rings. The smallest absolute Gasteiger partial charge is 0.321 e. The second-order valence-corrected chi connectivity index (χ2v) is 5.22. The molecule has 1 aromatic carbocycles. The summed E-state index contributed by atoms with van der Waals surface area (Å²) in [6.45, 7) is 7.05. The number of rotatable bonds is 6. The van der Waals surface area contributed by atoms with Crippen molar-refractivity contribution in [2.45, 2.75) is 26.7 Å². The third-order valence-electron chi connectivity index (χ3n) is 3.56. The number of hydrogen-bond donors (Lipinski definition) is 1. The van der Waals surface area contributed by atoms with E-state index in [2.05, 4.69) is 19.2 Å². The highest BCUT2D eigenvalue weighted by Crippen LogP contribution is 2.18. The first-order valence-corrected chi connectivity index (χ1v) is 7.62. The van der Waals surface area contributed by atoms with Gasteiger partial charge in [0.15, 0.2) is 0 Å². The highest BCUT2D eigenvalue weighted by molar-refractivity contribution is 5.97. The van der Waals surface area contributed by atoms with E-state index in [1.807, 2.05) is 29.2 Å². The maximum atomic E-state index is 12.5. The minimum atomic E-state index is -0.0762. The van der Waals surface area contributed by atoms with Gasteiger partial charge in [-0.25, -0.2) is 4.79 Å². The van der Waals surface area contributed by atoms with Crippen LogP contribution < -0.4 is 10.2 Å². The van der Waals surface area contributed by atoms with Crippen LogP contribution in [-0.4, -0.2) is 43.0 Å². The van der Waals surface area contributed by atoms with Crippen LogP contribution in [0.2, 0.25) is 0 Å². The summed E-state index contributed by atoms with van der Waals surface area (Å²) < 4.78 is 0. The van der Waals surface area contributed by atoms with Crippen molar-refractivity contribution in [3.8, 4) is 0 Å². The molecule has 1 aliphatic heterocycles. The van der Waals surface area contributed by atoms with Gasteiger partial charge in [0.1, 0.15) is 0 Å². The molecule has 1 heterocycles. The SMILES string of the molecule is CCCN(CCC)C(=O)c1ccc(N2CCNC2=O)cc1. The van der Waals surface area contributed by atoms with Crippen molar-refractivity contribution in [3.63, 3.8) is 0 Å². The van der Waals surface area contributed by atoms with Crippen LogP contribution in [0.3, 0.4) is 0 Å². The van der Waals surface area contributed by atoms with Crippen LogP contribution in [-0.2, 0) is 0 Å². The normalized spacial score (nSPS) is 14.2. The van der Waals surface area contributed by atoms with Crippen molar-refractivity contribution in [3.05, 3.63) is 29.8 Å². The Labute approximate surface area is 125 Å². The Bertz CT molecular complexity index is 493. The summed E-state index contributed by atoms with van der Waals surface area (Å²) in [4.78, 5) is 27.6. The Morgan fingerprint density at radius 2 is 1.81 bits per heavy atom. The van der Waals surface area contributed by atoms with Crippen molar-refractivity contribution in [2.24, 2.45) is 0 Å². The van der Waals surface area contributed by atoms with Gasteiger partial charge in [-0.3, -0.25) is 9.69 Å². The minimum Gasteiger partial charge on any atom is -0.339 e. The van der Waals surface area contributed by atoms with Gasteiger partial charge >= 0.3 is 6.03 Å². The summed E-state index contributed by atoms with van der Waals surface area (Å²) >= 11 is 0. The number of carbonyl (C=O) groups is 2. The third kappa shape index (κ3) is 3.54. The molecule has 1 N–H and O–H groups in total. The molecule has 3 amide bonds. The molecule has 1 saturated heterocycles. The number of nitrogens with one attached hydrogen (secondary N) is 1. The number of anilines is 1. The molecule has 5 nitrogen and oxygen atoms in total. The molecule has 0 radical (unpaired) electrons. The van der Waals surface area contributed by atoms with Crippen molar-refractivity contribution >= 4 is 17.6 Å². The zero-order chi connectivity index (χ0) is 15.2. The van der Waals surface area contributed by atoms with Crippen LogP contribution in [0.15, 0.2) is 24.3 Å². The molecular weight excluding hydrogens is 266 g/mol. The van der Waals surface area contributed by atoms with E-state index in [4.69, 9.17) is 0 Å². The van der Waals surface area contributed by atoms with E-state index in [0.717, 1.165) is 31.6 Å². The maximum absolute atomic E-state index is 12.5. The van der Waals surface area contributed by atoms with Gasteiger partial charge < -0.3 is 10.2 Å².